The standard InChI is InChI=1S/C14H14BrNO4/c15-10-1-2-13-8(4-10)3-9(7-20-13)14(19)16-5-11(17)12(18)6-16/h1-4,11-12,17-18H,5-7H2. The van der Waals surface area contributed by atoms with E-state index >= 15 is 0 Å². The molecule has 0 bridgehead atoms. The number of halogens is 1. The maximum Gasteiger partial charge on any atom is 0.253 e. The zero-order valence-electron chi connectivity index (χ0n) is 10.6. The van der Waals surface area contributed by atoms with Crippen molar-refractivity contribution in [3.05, 3.63) is 33.8 Å². The molecule has 2 atom stereocenters. The molecule has 5 nitrogen and oxygen atoms in total. The van der Waals surface area contributed by atoms with Crippen molar-refractivity contribution in [2.24, 2.45) is 0 Å². The second-order valence-electron chi connectivity index (χ2n) is 4.99. The van der Waals surface area contributed by atoms with Gasteiger partial charge >= 0.3 is 0 Å². The number of aliphatic hydroxyl groups excluding tert-OH is 2. The Balaban J connectivity index is 1.83. The molecule has 1 aromatic rings. The molecule has 0 aliphatic carbocycles. The van der Waals surface area contributed by atoms with E-state index in [0.29, 0.717) is 5.57 Å². The lowest BCUT2D eigenvalue weighted by Crippen LogP contribution is -2.33. The van der Waals surface area contributed by atoms with Crippen LogP contribution in [-0.2, 0) is 4.79 Å². The molecule has 0 radical (unpaired) electrons. The van der Waals surface area contributed by atoms with Gasteiger partial charge in [-0.25, -0.2) is 0 Å². The first-order chi connectivity index (χ1) is 9.54. The number of nitrogens with zero attached hydrogens (tertiary/aromatic N) is 1. The Kier molecular flexibility index (Phi) is 3.54. The zero-order chi connectivity index (χ0) is 14.3. The minimum atomic E-state index is -0.870. The van der Waals surface area contributed by atoms with E-state index in [1.54, 1.807) is 6.08 Å². The number of ether oxygens (including phenoxy) is 1. The number of carbonyl (C=O) groups excluding carboxylic acids is 1. The normalized spacial score (nSPS) is 24.9. The van der Waals surface area contributed by atoms with Crippen molar-refractivity contribution in [3.63, 3.8) is 0 Å². The number of likely N-dealkylation sites (tertiary alicyclic amines) is 1. The Morgan fingerprint density at radius 3 is 2.70 bits per heavy atom. The van der Waals surface area contributed by atoms with Crippen LogP contribution in [0.1, 0.15) is 5.56 Å². The van der Waals surface area contributed by atoms with Gasteiger partial charge in [0, 0.05) is 23.1 Å². The summed E-state index contributed by atoms with van der Waals surface area (Å²) in [6.45, 7) is 0.515. The van der Waals surface area contributed by atoms with Crippen molar-refractivity contribution in [3.8, 4) is 5.75 Å². The highest BCUT2D eigenvalue weighted by Gasteiger charge is 2.34. The molecule has 1 aromatic carbocycles. The predicted molar refractivity (Wildman–Crippen MR) is 76.2 cm³/mol. The molecule has 1 amide bonds. The molecule has 0 saturated carbocycles. The molecule has 6 heteroatoms. The molecule has 106 valence electrons. The van der Waals surface area contributed by atoms with Gasteiger partial charge in [0.1, 0.15) is 12.4 Å². The van der Waals surface area contributed by atoms with Crippen LogP contribution in [0.15, 0.2) is 28.2 Å². The van der Waals surface area contributed by atoms with Crippen LogP contribution in [-0.4, -0.2) is 52.9 Å². The lowest BCUT2D eigenvalue weighted by Gasteiger charge is -2.22. The van der Waals surface area contributed by atoms with Crippen molar-refractivity contribution >= 4 is 27.9 Å². The Morgan fingerprint density at radius 1 is 1.30 bits per heavy atom. The van der Waals surface area contributed by atoms with Gasteiger partial charge in [-0.15, -0.1) is 0 Å². The first-order valence-electron chi connectivity index (χ1n) is 6.33. The third-order valence-electron chi connectivity index (χ3n) is 3.51. The number of hydrogen-bond donors (Lipinski definition) is 2. The molecule has 1 fully saturated rings. The SMILES string of the molecule is O=C(C1=Cc2cc(Br)ccc2OC1)N1CC(O)C(O)C1. The average molecular weight is 340 g/mol. The number of hydrogen-bond acceptors (Lipinski definition) is 4. The Labute approximate surface area is 124 Å². The van der Waals surface area contributed by atoms with Crippen LogP contribution in [0.4, 0.5) is 0 Å². The summed E-state index contributed by atoms with van der Waals surface area (Å²) < 4.78 is 6.48. The molecule has 2 unspecified atom stereocenters. The van der Waals surface area contributed by atoms with Crippen molar-refractivity contribution < 1.29 is 19.7 Å². The van der Waals surface area contributed by atoms with E-state index in [9.17, 15) is 15.0 Å². The van der Waals surface area contributed by atoms with E-state index in [-0.39, 0.29) is 25.6 Å². The zero-order valence-corrected chi connectivity index (χ0v) is 12.2. The second-order valence-corrected chi connectivity index (χ2v) is 5.90. The van der Waals surface area contributed by atoms with E-state index in [2.05, 4.69) is 15.9 Å². The minimum absolute atomic E-state index is 0.155. The van der Waals surface area contributed by atoms with Crippen LogP contribution in [0, 0.1) is 0 Å². The van der Waals surface area contributed by atoms with Gasteiger partial charge in [-0.2, -0.15) is 0 Å². The maximum absolute atomic E-state index is 12.3. The van der Waals surface area contributed by atoms with E-state index in [1.807, 2.05) is 18.2 Å². The summed E-state index contributed by atoms with van der Waals surface area (Å²) in [5, 5.41) is 19.0. The van der Waals surface area contributed by atoms with Crippen LogP contribution in [0.2, 0.25) is 0 Å². The fraction of sp³-hybridized carbons (Fsp3) is 0.357. The second kappa shape index (κ2) is 5.20. The molecule has 2 aliphatic rings. The van der Waals surface area contributed by atoms with E-state index in [4.69, 9.17) is 4.74 Å². The van der Waals surface area contributed by atoms with Crippen molar-refractivity contribution in [1.29, 1.82) is 0 Å². The van der Waals surface area contributed by atoms with Crippen LogP contribution >= 0.6 is 15.9 Å². The third-order valence-corrected chi connectivity index (χ3v) is 4.00. The number of benzene rings is 1. The fourth-order valence-corrected chi connectivity index (χ4v) is 2.79. The fourth-order valence-electron chi connectivity index (χ4n) is 2.41. The summed E-state index contributed by atoms with van der Waals surface area (Å²) in [7, 11) is 0. The molecular weight excluding hydrogens is 326 g/mol. The molecule has 0 aromatic heterocycles. The minimum Gasteiger partial charge on any atom is -0.488 e. The topological polar surface area (TPSA) is 70.0 Å². The average Bonchev–Trinajstić information content (AvgIpc) is 2.77. The molecule has 20 heavy (non-hydrogen) atoms. The highest BCUT2D eigenvalue weighted by Crippen LogP contribution is 2.30. The molecular formula is C14H14BrNO4. The van der Waals surface area contributed by atoms with Gasteiger partial charge < -0.3 is 19.8 Å². The Morgan fingerprint density at radius 2 is 2.00 bits per heavy atom. The molecule has 2 heterocycles. The van der Waals surface area contributed by atoms with Crippen LogP contribution in [0.5, 0.6) is 5.75 Å². The van der Waals surface area contributed by atoms with E-state index < -0.39 is 12.2 Å². The maximum atomic E-state index is 12.3. The van der Waals surface area contributed by atoms with E-state index in [1.165, 1.54) is 4.90 Å². The number of carbonyl (C=O) groups is 1. The highest BCUT2D eigenvalue weighted by atomic mass is 79.9. The quantitative estimate of drug-likeness (QED) is 0.793. The lowest BCUT2D eigenvalue weighted by atomic mass is 10.1. The van der Waals surface area contributed by atoms with Crippen molar-refractivity contribution in [2.75, 3.05) is 19.7 Å². The monoisotopic (exact) mass is 339 g/mol. The van der Waals surface area contributed by atoms with Crippen molar-refractivity contribution in [1.82, 2.24) is 4.90 Å². The number of aliphatic hydroxyl groups is 2. The van der Waals surface area contributed by atoms with E-state index in [0.717, 1.165) is 15.8 Å². The van der Waals surface area contributed by atoms with Crippen LogP contribution in [0.3, 0.4) is 0 Å². The first-order valence-corrected chi connectivity index (χ1v) is 7.12. The van der Waals surface area contributed by atoms with Crippen LogP contribution in [0.25, 0.3) is 6.08 Å². The predicted octanol–water partition coefficient (Wildman–Crippen LogP) is 0.789. The summed E-state index contributed by atoms with van der Waals surface area (Å²) in [5.41, 5.74) is 1.37. The smallest absolute Gasteiger partial charge is 0.253 e. The van der Waals surface area contributed by atoms with Gasteiger partial charge in [-0.1, -0.05) is 15.9 Å². The number of fused-ring (bicyclic) bond motifs is 1. The highest BCUT2D eigenvalue weighted by molar-refractivity contribution is 9.10. The third kappa shape index (κ3) is 2.46. The van der Waals surface area contributed by atoms with Gasteiger partial charge in [0.25, 0.3) is 5.91 Å². The van der Waals surface area contributed by atoms with Gasteiger partial charge in [0.15, 0.2) is 0 Å². The summed E-state index contributed by atoms with van der Waals surface area (Å²) >= 11 is 3.38. The molecule has 2 N–H and O–H groups in total. The molecule has 2 aliphatic heterocycles. The molecule has 0 spiro atoms. The van der Waals surface area contributed by atoms with Gasteiger partial charge in [-0.05, 0) is 24.3 Å². The summed E-state index contributed by atoms with van der Waals surface area (Å²) in [6.07, 6.45) is 0.0548. The number of rotatable bonds is 1. The Bertz CT molecular complexity index is 577. The largest absolute Gasteiger partial charge is 0.488 e. The van der Waals surface area contributed by atoms with Gasteiger partial charge in [0.2, 0.25) is 0 Å². The lowest BCUT2D eigenvalue weighted by molar-refractivity contribution is -0.127. The van der Waals surface area contributed by atoms with Crippen molar-refractivity contribution in [2.45, 2.75) is 12.2 Å². The summed E-state index contributed by atoms with van der Waals surface area (Å²) in [5.74, 6) is 0.539. The number of amides is 1. The molecule has 1 saturated heterocycles. The van der Waals surface area contributed by atoms with Gasteiger partial charge in [0.05, 0.1) is 17.8 Å². The van der Waals surface area contributed by atoms with Gasteiger partial charge in [-0.3, -0.25) is 4.79 Å². The Hall–Kier alpha value is -1.37. The molecule has 3 rings (SSSR count). The summed E-state index contributed by atoms with van der Waals surface area (Å²) in [4.78, 5) is 13.8. The first kappa shape index (κ1) is 13.6. The summed E-state index contributed by atoms with van der Waals surface area (Å²) in [6, 6.07) is 5.61. The van der Waals surface area contributed by atoms with Crippen LogP contribution < -0.4 is 4.74 Å². The number of β-amino-alcohol motifs (C(OH)–C–C–N with tert-alkyl or cyclic N) is 2.